The minimum absolute atomic E-state index is 0.109. The van der Waals surface area contributed by atoms with E-state index in [1.807, 2.05) is 0 Å². The zero-order valence-electron chi connectivity index (χ0n) is 14.9. The van der Waals surface area contributed by atoms with Crippen LogP contribution in [0.25, 0.3) is 0 Å². The van der Waals surface area contributed by atoms with Crippen molar-refractivity contribution in [3.05, 3.63) is 53.8 Å². The Morgan fingerprint density at radius 2 is 1.96 bits per heavy atom. The predicted octanol–water partition coefficient (Wildman–Crippen LogP) is 3.30. The molecule has 1 N–H and O–H groups in total. The molecule has 0 radical (unpaired) electrons. The van der Waals surface area contributed by atoms with Gasteiger partial charge in [-0.1, -0.05) is 12.1 Å². The Labute approximate surface area is 147 Å². The molecular weight excluding hydrogens is 323 g/mol. The summed E-state index contributed by atoms with van der Waals surface area (Å²) >= 11 is 0. The van der Waals surface area contributed by atoms with E-state index in [1.165, 1.54) is 12.1 Å². The lowest BCUT2D eigenvalue weighted by Crippen LogP contribution is -2.38. The van der Waals surface area contributed by atoms with Gasteiger partial charge in [-0.05, 0) is 36.8 Å². The van der Waals surface area contributed by atoms with Crippen LogP contribution in [0.15, 0.2) is 42.5 Å². The Kier molecular flexibility index (Phi) is 6.22. The second kappa shape index (κ2) is 8.37. The summed E-state index contributed by atoms with van der Waals surface area (Å²) in [7, 11) is 4.83. The number of methoxy groups -OCH3 is 2. The van der Waals surface area contributed by atoms with E-state index in [0.717, 1.165) is 5.56 Å². The SMILES string of the molecule is COc1ccc(NC(C)C(=O)N(C)Cc2cccc(F)c2)c(OC)c1. The number of carbonyl (C=O) groups is 1. The van der Waals surface area contributed by atoms with Crippen molar-refractivity contribution in [2.45, 2.75) is 19.5 Å². The Morgan fingerprint density at radius 3 is 2.60 bits per heavy atom. The van der Waals surface area contributed by atoms with Crippen molar-refractivity contribution in [3.8, 4) is 11.5 Å². The number of halogens is 1. The molecule has 0 heterocycles. The largest absolute Gasteiger partial charge is 0.497 e. The molecule has 25 heavy (non-hydrogen) atoms. The van der Waals surface area contributed by atoms with Gasteiger partial charge in [-0.2, -0.15) is 0 Å². The van der Waals surface area contributed by atoms with Crippen LogP contribution in [0.2, 0.25) is 0 Å². The summed E-state index contributed by atoms with van der Waals surface area (Å²) in [6, 6.07) is 11.1. The summed E-state index contributed by atoms with van der Waals surface area (Å²) in [5.74, 6) is 0.839. The highest BCUT2D eigenvalue weighted by Gasteiger charge is 2.19. The van der Waals surface area contributed by atoms with E-state index in [0.29, 0.717) is 23.7 Å². The van der Waals surface area contributed by atoms with E-state index in [-0.39, 0.29) is 11.7 Å². The molecule has 1 atom stereocenters. The summed E-state index contributed by atoms with van der Waals surface area (Å²) in [6.07, 6.45) is 0. The van der Waals surface area contributed by atoms with Gasteiger partial charge < -0.3 is 19.7 Å². The van der Waals surface area contributed by atoms with Crippen LogP contribution in [0.4, 0.5) is 10.1 Å². The van der Waals surface area contributed by atoms with E-state index in [4.69, 9.17) is 9.47 Å². The fourth-order valence-corrected chi connectivity index (χ4v) is 2.53. The molecule has 134 valence electrons. The smallest absolute Gasteiger partial charge is 0.244 e. The fraction of sp³-hybridized carbons (Fsp3) is 0.316. The van der Waals surface area contributed by atoms with Crippen LogP contribution in [-0.4, -0.2) is 38.1 Å². The molecule has 6 heteroatoms. The van der Waals surface area contributed by atoms with Crippen molar-refractivity contribution >= 4 is 11.6 Å². The van der Waals surface area contributed by atoms with Gasteiger partial charge in [0.05, 0.1) is 19.9 Å². The van der Waals surface area contributed by atoms with Gasteiger partial charge in [0.2, 0.25) is 5.91 Å². The van der Waals surface area contributed by atoms with Crippen LogP contribution in [0.3, 0.4) is 0 Å². The molecule has 0 spiro atoms. The van der Waals surface area contributed by atoms with E-state index in [1.54, 1.807) is 63.4 Å². The van der Waals surface area contributed by atoms with Gasteiger partial charge in [-0.3, -0.25) is 4.79 Å². The Balaban J connectivity index is 2.04. The maximum absolute atomic E-state index is 13.3. The third kappa shape index (κ3) is 4.86. The molecular formula is C19H23FN2O3. The lowest BCUT2D eigenvalue weighted by Gasteiger charge is -2.23. The number of rotatable bonds is 7. The molecule has 0 aromatic heterocycles. The van der Waals surface area contributed by atoms with Crippen molar-refractivity contribution in [1.82, 2.24) is 4.90 Å². The molecule has 0 bridgehead atoms. The number of amides is 1. The normalized spacial score (nSPS) is 11.6. The molecule has 2 aromatic rings. The van der Waals surface area contributed by atoms with Crippen molar-refractivity contribution in [2.24, 2.45) is 0 Å². The van der Waals surface area contributed by atoms with Gasteiger partial charge in [0.1, 0.15) is 23.4 Å². The number of nitrogens with zero attached hydrogens (tertiary/aromatic N) is 1. The van der Waals surface area contributed by atoms with Crippen molar-refractivity contribution < 1.29 is 18.7 Å². The number of ether oxygens (including phenoxy) is 2. The van der Waals surface area contributed by atoms with Crippen LogP contribution in [0, 0.1) is 5.82 Å². The Bertz CT molecular complexity index is 736. The predicted molar refractivity (Wildman–Crippen MR) is 95.5 cm³/mol. The van der Waals surface area contributed by atoms with Crippen LogP contribution >= 0.6 is 0 Å². The fourth-order valence-electron chi connectivity index (χ4n) is 2.53. The van der Waals surface area contributed by atoms with E-state index < -0.39 is 6.04 Å². The zero-order valence-corrected chi connectivity index (χ0v) is 14.9. The number of hydrogen-bond donors (Lipinski definition) is 1. The number of benzene rings is 2. The molecule has 1 amide bonds. The van der Waals surface area contributed by atoms with Crippen molar-refractivity contribution in [2.75, 3.05) is 26.6 Å². The molecule has 0 aliphatic rings. The topological polar surface area (TPSA) is 50.8 Å². The van der Waals surface area contributed by atoms with Gasteiger partial charge >= 0.3 is 0 Å². The van der Waals surface area contributed by atoms with Gasteiger partial charge in [-0.25, -0.2) is 4.39 Å². The molecule has 0 saturated carbocycles. The average molecular weight is 346 g/mol. The van der Waals surface area contributed by atoms with Crippen LogP contribution in [-0.2, 0) is 11.3 Å². The molecule has 0 aliphatic carbocycles. The first-order chi connectivity index (χ1) is 11.9. The molecule has 0 fully saturated rings. The molecule has 2 aromatic carbocycles. The Morgan fingerprint density at radius 1 is 1.20 bits per heavy atom. The van der Waals surface area contributed by atoms with Crippen molar-refractivity contribution in [1.29, 1.82) is 0 Å². The first-order valence-electron chi connectivity index (χ1n) is 7.92. The molecule has 0 saturated heterocycles. The van der Waals surface area contributed by atoms with Gasteiger partial charge in [0.25, 0.3) is 0 Å². The first kappa shape index (κ1) is 18.6. The van der Waals surface area contributed by atoms with Crippen LogP contribution in [0.1, 0.15) is 12.5 Å². The minimum Gasteiger partial charge on any atom is -0.497 e. The number of hydrogen-bond acceptors (Lipinski definition) is 4. The first-order valence-corrected chi connectivity index (χ1v) is 7.92. The third-order valence-corrected chi connectivity index (χ3v) is 3.84. The summed E-state index contributed by atoms with van der Waals surface area (Å²) < 4.78 is 23.8. The monoisotopic (exact) mass is 346 g/mol. The number of likely N-dealkylation sites (N-methyl/N-ethyl adjacent to an activating group) is 1. The highest BCUT2D eigenvalue weighted by molar-refractivity contribution is 5.84. The molecule has 0 aliphatic heterocycles. The van der Waals surface area contributed by atoms with Gasteiger partial charge in [0, 0.05) is 19.7 Å². The van der Waals surface area contributed by atoms with E-state index in [9.17, 15) is 9.18 Å². The lowest BCUT2D eigenvalue weighted by atomic mass is 10.2. The van der Waals surface area contributed by atoms with Crippen molar-refractivity contribution in [3.63, 3.8) is 0 Å². The maximum atomic E-state index is 13.3. The summed E-state index contributed by atoms with van der Waals surface area (Å²) in [5.41, 5.74) is 1.44. The second-order valence-electron chi connectivity index (χ2n) is 5.76. The molecule has 5 nitrogen and oxygen atoms in total. The maximum Gasteiger partial charge on any atom is 0.244 e. The van der Waals surface area contributed by atoms with Crippen LogP contribution in [0.5, 0.6) is 11.5 Å². The highest BCUT2D eigenvalue weighted by Crippen LogP contribution is 2.29. The summed E-state index contributed by atoms with van der Waals surface area (Å²) in [6.45, 7) is 2.11. The zero-order chi connectivity index (χ0) is 18.4. The number of carbonyl (C=O) groups excluding carboxylic acids is 1. The molecule has 2 rings (SSSR count). The third-order valence-electron chi connectivity index (χ3n) is 3.84. The Hall–Kier alpha value is -2.76. The minimum atomic E-state index is -0.471. The average Bonchev–Trinajstić information content (AvgIpc) is 2.61. The van der Waals surface area contributed by atoms with Gasteiger partial charge in [-0.15, -0.1) is 0 Å². The summed E-state index contributed by atoms with van der Waals surface area (Å²) in [5, 5.41) is 3.14. The highest BCUT2D eigenvalue weighted by atomic mass is 19.1. The number of anilines is 1. The van der Waals surface area contributed by atoms with Gasteiger partial charge in [0.15, 0.2) is 0 Å². The molecule has 1 unspecified atom stereocenters. The quantitative estimate of drug-likeness (QED) is 0.836. The number of nitrogens with one attached hydrogen (secondary N) is 1. The standard InChI is InChI=1S/C19H23FN2O3/c1-13(21-17-9-8-16(24-3)11-18(17)25-4)19(23)22(2)12-14-6-5-7-15(20)10-14/h5-11,13,21H,12H2,1-4H3. The van der Waals surface area contributed by atoms with E-state index in [2.05, 4.69) is 5.32 Å². The lowest BCUT2D eigenvalue weighted by molar-refractivity contribution is -0.130. The van der Waals surface area contributed by atoms with Crippen LogP contribution < -0.4 is 14.8 Å². The summed E-state index contributed by atoms with van der Waals surface area (Å²) in [4.78, 5) is 14.1. The second-order valence-corrected chi connectivity index (χ2v) is 5.76. The van der Waals surface area contributed by atoms with E-state index >= 15 is 0 Å².